The minimum absolute atomic E-state index is 0.863. The maximum atomic E-state index is 10.4. The fraction of sp³-hybridized carbons (Fsp3) is 0.200. The summed E-state index contributed by atoms with van der Waals surface area (Å²) in [6.07, 6.45) is 0. The number of rotatable bonds is 3. The molecule has 0 unspecified atom stereocenters. The van der Waals surface area contributed by atoms with E-state index in [1.54, 1.807) is 0 Å². The number of hydrogen-bond acceptors (Lipinski definition) is 2. The Morgan fingerprint density at radius 1 is 1.08 bits per heavy atom. The molecule has 0 atom stereocenters. The standard InChI is InChI=1S/C5H2Cl4O4/c6-1(3(10)11)2(7)5(8,9)4(12)13/h(H,10,11)(H,12,13)/b2-1+. The van der Waals surface area contributed by atoms with Crippen molar-refractivity contribution < 1.29 is 19.8 Å². The van der Waals surface area contributed by atoms with Gasteiger partial charge in [-0.1, -0.05) is 46.4 Å². The van der Waals surface area contributed by atoms with Crippen molar-refractivity contribution in [3.8, 4) is 0 Å². The first-order valence-corrected chi connectivity index (χ1v) is 4.12. The van der Waals surface area contributed by atoms with Crippen LogP contribution in [0.25, 0.3) is 0 Å². The minimum Gasteiger partial charge on any atom is -0.479 e. The summed E-state index contributed by atoms with van der Waals surface area (Å²) in [5.74, 6) is -3.32. The summed E-state index contributed by atoms with van der Waals surface area (Å²) < 4.78 is -2.54. The average molecular weight is 268 g/mol. The molecule has 0 aromatic rings. The predicted octanol–water partition coefficient (Wildman–Crippen LogP) is 2.02. The number of carboxylic acids is 2. The molecule has 0 fully saturated rings. The highest BCUT2D eigenvalue weighted by Gasteiger charge is 2.40. The topological polar surface area (TPSA) is 74.6 Å². The van der Waals surface area contributed by atoms with E-state index in [0.717, 1.165) is 0 Å². The molecule has 0 aliphatic carbocycles. The molecule has 8 heteroatoms. The molecule has 13 heavy (non-hydrogen) atoms. The van der Waals surface area contributed by atoms with Crippen molar-refractivity contribution in [2.75, 3.05) is 0 Å². The SMILES string of the molecule is O=C(O)/C(Cl)=C(\Cl)C(Cl)(Cl)C(=O)O. The Kier molecular flexibility index (Phi) is 4.32. The van der Waals surface area contributed by atoms with Gasteiger partial charge in [-0.15, -0.1) is 0 Å². The van der Waals surface area contributed by atoms with Crippen LogP contribution in [0.3, 0.4) is 0 Å². The molecule has 0 amide bonds. The molecular formula is C5H2Cl4O4. The van der Waals surface area contributed by atoms with E-state index in [2.05, 4.69) is 0 Å². The molecule has 0 aliphatic rings. The van der Waals surface area contributed by atoms with E-state index in [9.17, 15) is 9.59 Å². The van der Waals surface area contributed by atoms with Crippen LogP contribution in [-0.4, -0.2) is 26.5 Å². The van der Waals surface area contributed by atoms with Crippen molar-refractivity contribution in [1.29, 1.82) is 0 Å². The van der Waals surface area contributed by atoms with Crippen molar-refractivity contribution in [2.45, 2.75) is 4.33 Å². The maximum absolute atomic E-state index is 10.4. The molecule has 0 aromatic heterocycles. The zero-order valence-corrected chi connectivity index (χ0v) is 8.75. The Bertz CT molecular complexity index is 282. The first-order chi connectivity index (χ1) is 5.71. The summed E-state index contributed by atoms with van der Waals surface area (Å²) in [6, 6.07) is 0. The highest BCUT2D eigenvalue weighted by Crippen LogP contribution is 2.36. The number of carbonyl (C=O) groups is 2. The summed E-state index contributed by atoms with van der Waals surface area (Å²) in [5.41, 5.74) is 0. The molecule has 0 saturated heterocycles. The van der Waals surface area contributed by atoms with Gasteiger partial charge in [0.15, 0.2) is 0 Å². The van der Waals surface area contributed by atoms with Gasteiger partial charge in [-0.25, -0.2) is 9.59 Å². The van der Waals surface area contributed by atoms with Gasteiger partial charge in [-0.3, -0.25) is 0 Å². The smallest absolute Gasteiger partial charge is 0.348 e. The predicted molar refractivity (Wildman–Crippen MR) is 48.4 cm³/mol. The van der Waals surface area contributed by atoms with Crippen molar-refractivity contribution in [2.24, 2.45) is 0 Å². The Morgan fingerprint density at radius 3 is 1.69 bits per heavy atom. The van der Waals surface area contributed by atoms with Crippen molar-refractivity contribution in [1.82, 2.24) is 0 Å². The highest BCUT2D eigenvalue weighted by atomic mass is 35.5. The molecular weight excluding hydrogens is 266 g/mol. The Labute approximate surface area is 92.6 Å². The fourth-order valence-corrected chi connectivity index (χ4v) is 0.915. The highest BCUT2D eigenvalue weighted by molar-refractivity contribution is 6.65. The lowest BCUT2D eigenvalue weighted by molar-refractivity contribution is -0.136. The summed E-state index contributed by atoms with van der Waals surface area (Å²) >= 11 is 20.7. The van der Waals surface area contributed by atoms with Crippen molar-refractivity contribution in [3.05, 3.63) is 10.1 Å². The molecule has 0 saturated carbocycles. The van der Waals surface area contributed by atoms with E-state index in [4.69, 9.17) is 56.6 Å². The molecule has 0 aromatic carbocycles. The lowest BCUT2D eigenvalue weighted by Gasteiger charge is -2.12. The Morgan fingerprint density at radius 2 is 1.46 bits per heavy atom. The summed E-state index contributed by atoms with van der Waals surface area (Å²) in [4.78, 5) is 20.6. The number of halogens is 4. The molecule has 0 heterocycles. The number of alkyl halides is 2. The molecule has 74 valence electrons. The van der Waals surface area contributed by atoms with Gasteiger partial charge in [-0.2, -0.15) is 0 Å². The van der Waals surface area contributed by atoms with Crippen LogP contribution in [0.1, 0.15) is 0 Å². The Hall–Kier alpha value is -0.160. The molecule has 0 rings (SSSR count). The molecule has 0 aliphatic heterocycles. The third-order valence-corrected chi connectivity index (χ3v) is 2.74. The van der Waals surface area contributed by atoms with Crippen LogP contribution in [0.5, 0.6) is 0 Å². The second kappa shape index (κ2) is 4.37. The van der Waals surface area contributed by atoms with Crippen LogP contribution in [-0.2, 0) is 9.59 Å². The van der Waals surface area contributed by atoms with Gasteiger partial charge in [0, 0.05) is 0 Å². The maximum Gasteiger partial charge on any atom is 0.348 e. The van der Waals surface area contributed by atoms with Crippen LogP contribution < -0.4 is 0 Å². The lowest BCUT2D eigenvalue weighted by Crippen LogP contribution is -2.27. The van der Waals surface area contributed by atoms with Crippen LogP contribution in [0.4, 0.5) is 0 Å². The fourth-order valence-electron chi connectivity index (χ4n) is 0.326. The van der Waals surface area contributed by atoms with Gasteiger partial charge in [-0.05, 0) is 0 Å². The van der Waals surface area contributed by atoms with E-state index < -0.39 is 26.3 Å². The monoisotopic (exact) mass is 266 g/mol. The quantitative estimate of drug-likeness (QED) is 0.606. The van der Waals surface area contributed by atoms with E-state index >= 15 is 0 Å². The van der Waals surface area contributed by atoms with Gasteiger partial charge < -0.3 is 10.2 Å². The first-order valence-electron chi connectivity index (χ1n) is 2.61. The second-order valence-electron chi connectivity index (χ2n) is 1.81. The molecule has 0 spiro atoms. The van der Waals surface area contributed by atoms with Gasteiger partial charge in [0.2, 0.25) is 0 Å². The summed E-state index contributed by atoms with van der Waals surface area (Å²) in [6.45, 7) is 0. The van der Waals surface area contributed by atoms with Crippen molar-refractivity contribution in [3.63, 3.8) is 0 Å². The number of aliphatic carboxylic acids is 2. The molecule has 0 radical (unpaired) electrons. The zero-order chi connectivity index (χ0) is 10.8. The summed E-state index contributed by atoms with van der Waals surface area (Å²) in [7, 11) is 0. The van der Waals surface area contributed by atoms with Crippen molar-refractivity contribution >= 4 is 58.3 Å². The van der Waals surface area contributed by atoms with E-state index in [1.807, 2.05) is 0 Å². The van der Waals surface area contributed by atoms with E-state index in [1.165, 1.54) is 0 Å². The van der Waals surface area contributed by atoms with Crippen LogP contribution in [0.15, 0.2) is 10.1 Å². The molecule has 4 nitrogen and oxygen atoms in total. The molecule has 0 bridgehead atoms. The van der Waals surface area contributed by atoms with E-state index in [0.29, 0.717) is 0 Å². The van der Waals surface area contributed by atoms with Gasteiger partial charge in [0.05, 0.1) is 5.03 Å². The van der Waals surface area contributed by atoms with Crippen LogP contribution >= 0.6 is 46.4 Å². The average Bonchev–Trinajstić information content (AvgIpc) is 2.01. The lowest BCUT2D eigenvalue weighted by atomic mass is 10.3. The summed E-state index contributed by atoms with van der Waals surface area (Å²) in [5, 5.41) is 14.9. The van der Waals surface area contributed by atoms with Gasteiger partial charge in [0.1, 0.15) is 5.03 Å². The normalized spacial score (nSPS) is 13.5. The van der Waals surface area contributed by atoms with Crippen LogP contribution in [0.2, 0.25) is 0 Å². The van der Waals surface area contributed by atoms with Crippen LogP contribution in [0, 0.1) is 0 Å². The second-order valence-corrected chi connectivity index (χ2v) is 3.90. The van der Waals surface area contributed by atoms with Gasteiger partial charge >= 0.3 is 11.9 Å². The first kappa shape index (κ1) is 12.8. The van der Waals surface area contributed by atoms with E-state index in [-0.39, 0.29) is 0 Å². The third-order valence-electron chi connectivity index (χ3n) is 0.925. The minimum atomic E-state index is -2.54. The van der Waals surface area contributed by atoms with Gasteiger partial charge in [0.25, 0.3) is 4.33 Å². The number of carboxylic acid groups (broad SMARTS) is 2. The largest absolute Gasteiger partial charge is 0.479 e. The molecule has 2 N–H and O–H groups in total. The Balaban J connectivity index is 5.20. The number of hydrogen-bond donors (Lipinski definition) is 2. The third kappa shape index (κ3) is 2.91. The zero-order valence-electron chi connectivity index (χ0n) is 5.72.